The molecule has 1 aliphatic rings. The lowest BCUT2D eigenvalue weighted by Crippen LogP contribution is -2.44. The van der Waals surface area contributed by atoms with Gasteiger partial charge in [0, 0.05) is 12.1 Å². The van der Waals surface area contributed by atoms with E-state index < -0.39 is 34.1 Å². The van der Waals surface area contributed by atoms with Gasteiger partial charge in [0.25, 0.3) is 5.91 Å². The quantitative estimate of drug-likeness (QED) is 0.673. The first kappa shape index (κ1) is 17.4. The van der Waals surface area contributed by atoms with Gasteiger partial charge in [-0.25, -0.2) is 17.5 Å². The molecule has 3 N–H and O–H groups in total. The number of rotatable bonds is 7. The lowest BCUT2D eigenvalue weighted by molar-refractivity contribution is -0.135. The molecule has 1 saturated carbocycles. The SMILES string of the molecule is O=C(O)CNC(=O)c1ccc(S(=O)(=O)NCC2(F)CCC2)cc1. The molecule has 0 radical (unpaired) electrons. The van der Waals surface area contributed by atoms with Gasteiger partial charge in [-0.3, -0.25) is 9.59 Å². The highest BCUT2D eigenvalue weighted by molar-refractivity contribution is 7.89. The summed E-state index contributed by atoms with van der Waals surface area (Å²) in [5.41, 5.74) is -1.34. The highest BCUT2D eigenvalue weighted by Gasteiger charge is 2.37. The van der Waals surface area contributed by atoms with Crippen LogP contribution >= 0.6 is 0 Å². The number of hydrogen-bond donors (Lipinski definition) is 3. The summed E-state index contributed by atoms with van der Waals surface area (Å²) in [6.07, 6.45) is 1.44. The molecular weight excluding hydrogens is 327 g/mol. The third kappa shape index (κ3) is 4.49. The Kier molecular flexibility index (Phi) is 5.00. The van der Waals surface area contributed by atoms with Gasteiger partial charge in [-0.15, -0.1) is 0 Å². The summed E-state index contributed by atoms with van der Waals surface area (Å²) in [6.45, 7) is -0.796. The number of hydrogen-bond acceptors (Lipinski definition) is 4. The van der Waals surface area contributed by atoms with Crippen molar-refractivity contribution in [1.29, 1.82) is 0 Å². The van der Waals surface area contributed by atoms with E-state index in [0.29, 0.717) is 12.8 Å². The van der Waals surface area contributed by atoms with Gasteiger partial charge in [0.2, 0.25) is 10.0 Å². The lowest BCUT2D eigenvalue weighted by Gasteiger charge is -2.33. The molecular formula is C14H17FN2O5S. The maximum Gasteiger partial charge on any atom is 0.322 e. The van der Waals surface area contributed by atoms with Crippen LogP contribution in [0.1, 0.15) is 29.6 Å². The van der Waals surface area contributed by atoms with Crippen LogP contribution in [-0.4, -0.2) is 44.2 Å². The summed E-state index contributed by atoms with van der Waals surface area (Å²) in [7, 11) is -3.85. The van der Waals surface area contributed by atoms with Gasteiger partial charge >= 0.3 is 5.97 Å². The number of carbonyl (C=O) groups is 2. The second-order valence-corrected chi connectivity index (χ2v) is 7.20. The average molecular weight is 344 g/mol. The number of nitrogens with one attached hydrogen (secondary N) is 2. The zero-order valence-corrected chi connectivity index (χ0v) is 13.0. The minimum absolute atomic E-state index is 0.0878. The van der Waals surface area contributed by atoms with Crippen molar-refractivity contribution in [3.63, 3.8) is 0 Å². The zero-order chi connectivity index (χ0) is 17.1. The number of amides is 1. The van der Waals surface area contributed by atoms with Gasteiger partial charge in [0.1, 0.15) is 12.2 Å². The maximum atomic E-state index is 13.8. The van der Waals surface area contributed by atoms with Crippen molar-refractivity contribution < 1.29 is 27.5 Å². The first-order valence-electron chi connectivity index (χ1n) is 7.01. The minimum Gasteiger partial charge on any atom is -0.480 e. The first-order chi connectivity index (χ1) is 10.7. The molecule has 126 valence electrons. The fourth-order valence-corrected chi connectivity index (χ4v) is 3.20. The summed E-state index contributed by atoms with van der Waals surface area (Å²) >= 11 is 0. The van der Waals surface area contributed by atoms with E-state index in [1.165, 1.54) is 24.3 Å². The van der Waals surface area contributed by atoms with Crippen LogP contribution in [0.25, 0.3) is 0 Å². The predicted octanol–water partition coefficient (Wildman–Crippen LogP) is 0.671. The molecule has 23 heavy (non-hydrogen) atoms. The lowest BCUT2D eigenvalue weighted by atomic mass is 9.82. The van der Waals surface area contributed by atoms with Crippen molar-refractivity contribution in [2.45, 2.75) is 29.8 Å². The molecule has 1 aliphatic carbocycles. The molecule has 1 amide bonds. The number of carbonyl (C=O) groups excluding carboxylic acids is 1. The van der Waals surface area contributed by atoms with Crippen LogP contribution in [0, 0.1) is 0 Å². The van der Waals surface area contributed by atoms with Gasteiger partial charge in [0.05, 0.1) is 4.90 Å². The van der Waals surface area contributed by atoms with Gasteiger partial charge in [-0.1, -0.05) is 0 Å². The minimum atomic E-state index is -3.85. The predicted molar refractivity (Wildman–Crippen MR) is 79.3 cm³/mol. The Bertz CT molecular complexity index is 698. The molecule has 1 aromatic rings. The Balaban J connectivity index is 2.00. The Morgan fingerprint density at radius 1 is 1.22 bits per heavy atom. The summed E-state index contributed by atoms with van der Waals surface area (Å²) in [4.78, 5) is 21.9. The van der Waals surface area contributed by atoms with Crippen molar-refractivity contribution in [2.24, 2.45) is 0 Å². The molecule has 2 rings (SSSR count). The second-order valence-electron chi connectivity index (χ2n) is 5.43. The molecule has 7 nitrogen and oxygen atoms in total. The largest absolute Gasteiger partial charge is 0.480 e. The van der Waals surface area contributed by atoms with Crippen molar-refractivity contribution in [1.82, 2.24) is 10.0 Å². The molecule has 0 spiro atoms. The van der Waals surface area contributed by atoms with E-state index in [1.807, 2.05) is 0 Å². The van der Waals surface area contributed by atoms with Gasteiger partial charge < -0.3 is 10.4 Å². The fraction of sp³-hybridized carbons (Fsp3) is 0.429. The maximum absolute atomic E-state index is 13.8. The molecule has 0 unspecified atom stereocenters. The van der Waals surface area contributed by atoms with E-state index in [2.05, 4.69) is 10.0 Å². The number of aliphatic carboxylic acids is 1. The Labute approximate surface area is 132 Å². The number of carboxylic acids is 1. The van der Waals surface area contributed by atoms with Crippen LogP contribution in [-0.2, 0) is 14.8 Å². The molecule has 0 bridgehead atoms. The molecule has 0 aliphatic heterocycles. The smallest absolute Gasteiger partial charge is 0.322 e. The Hall–Kier alpha value is -2.00. The van der Waals surface area contributed by atoms with E-state index in [4.69, 9.17) is 5.11 Å². The number of sulfonamides is 1. The van der Waals surface area contributed by atoms with Crippen LogP contribution in [0.15, 0.2) is 29.2 Å². The Morgan fingerprint density at radius 2 is 1.83 bits per heavy atom. The van der Waals surface area contributed by atoms with Crippen LogP contribution in [0.3, 0.4) is 0 Å². The Morgan fingerprint density at radius 3 is 2.30 bits per heavy atom. The zero-order valence-electron chi connectivity index (χ0n) is 12.2. The monoisotopic (exact) mass is 344 g/mol. The normalized spacial score (nSPS) is 16.4. The van der Waals surface area contributed by atoms with Crippen molar-refractivity contribution in [2.75, 3.05) is 13.1 Å². The topological polar surface area (TPSA) is 113 Å². The molecule has 0 heterocycles. The summed E-state index contributed by atoms with van der Waals surface area (Å²) in [6, 6.07) is 4.95. The highest BCUT2D eigenvalue weighted by Crippen LogP contribution is 2.35. The summed E-state index contributed by atoms with van der Waals surface area (Å²) < 4.78 is 40.2. The second kappa shape index (κ2) is 6.63. The third-order valence-corrected chi connectivity index (χ3v) is 5.07. The van der Waals surface area contributed by atoms with E-state index in [9.17, 15) is 22.4 Å². The average Bonchev–Trinajstić information content (AvgIpc) is 2.49. The fourth-order valence-electron chi connectivity index (χ4n) is 2.09. The third-order valence-electron chi connectivity index (χ3n) is 3.66. The van der Waals surface area contributed by atoms with Gasteiger partial charge in [-0.05, 0) is 43.5 Å². The molecule has 0 atom stereocenters. The molecule has 9 heteroatoms. The van der Waals surface area contributed by atoms with Crippen molar-refractivity contribution in [3.05, 3.63) is 29.8 Å². The van der Waals surface area contributed by atoms with Crippen LogP contribution in [0.2, 0.25) is 0 Å². The van der Waals surface area contributed by atoms with Crippen LogP contribution in [0.5, 0.6) is 0 Å². The van der Waals surface area contributed by atoms with Crippen molar-refractivity contribution in [3.8, 4) is 0 Å². The van der Waals surface area contributed by atoms with Gasteiger partial charge in [-0.2, -0.15) is 0 Å². The van der Waals surface area contributed by atoms with E-state index in [1.54, 1.807) is 0 Å². The van der Waals surface area contributed by atoms with E-state index in [-0.39, 0.29) is 17.0 Å². The molecule has 1 fully saturated rings. The standard InChI is InChI=1S/C14H17FN2O5S/c15-14(6-1-7-14)9-17-23(21,22)11-4-2-10(3-5-11)13(20)16-8-12(18)19/h2-5,17H,1,6-9H2,(H,16,20)(H,18,19). The van der Waals surface area contributed by atoms with Gasteiger partial charge in [0.15, 0.2) is 0 Å². The van der Waals surface area contributed by atoms with Crippen molar-refractivity contribution >= 4 is 21.9 Å². The van der Waals surface area contributed by atoms with E-state index >= 15 is 0 Å². The molecule has 1 aromatic carbocycles. The van der Waals surface area contributed by atoms with Crippen LogP contribution in [0.4, 0.5) is 4.39 Å². The molecule has 0 saturated heterocycles. The first-order valence-corrected chi connectivity index (χ1v) is 8.49. The number of benzene rings is 1. The number of carboxylic acid groups (broad SMARTS) is 1. The molecule has 0 aromatic heterocycles. The summed E-state index contributed by atoms with van der Waals surface area (Å²) in [5, 5.41) is 10.6. The van der Waals surface area contributed by atoms with Crippen LogP contribution < -0.4 is 10.0 Å². The highest BCUT2D eigenvalue weighted by atomic mass is 32.2. The van der Waals surface area contributed by atoms with E-state index in [0.717, 1.165) is 6.42 Å². The number of halogens is 1. The number of alkyl halides is 1. The summed E-state index contributed by atoms with van der Waals surface area (Å²) in [5.74, 6) is -1.81.